The van der Waals surface area contributed by atoms with E-state index in [-0.39, 0.29) is 22.9 Å². The Morgan fingerprint density at radius 2 is 0.875 bits per heavy atom. The largest absolute Gasteiger partial charge is 0.289 e. The fourth-order valence-corrected chi connectivity index (χ4v) is 2.75. The lowest BCUT2D eigenvalue weighted by Crippen LogP contribution is -1.98. The van der Waals surface area contributed by atoms with E-state index in [9.17, 15) is 29.8 Å². The summed E-state index contributed by atoms with van der Waals surface area (Å²) in [5, 5.41) is 21.3. The molecule has 0 aliphatic heterocycles. The van der Waals surface area contributed by atoms with Crippen LogP contribution in [0.4, 0.5) is 11.4 Å². The zero-order valence-electron chi connectivity index (χ0n) is 16.6. The topological polar surface area (TPSA) is 120 Å². The first-order valence-corrected chi connectivity index (χ1v) is 9.37. The molecular formula is C24H16N2O6. The molecule has 0 fully saturated rings. The number of benzene rings is 3. The number of nitro groups is 2. The van der Waals surface area contributed by atoms with Crippen molar-refractivity contribution in [2.45, 2.75) is 0 Å². The molecule has 0 aliphatic carbocycles. The van der Waals surface area contributed by atoms with Gasteiger partial charge in [0.25, 0.3) is 11.4 Å². The molecule has 3 aromatic carbocycles. The Kier molecular flexibility index (Phi) is 6.77. The van der Waals surface area contributed by atoms with Gasteiger partial charge in [0, 0.05) is 35.4 Å². The zero-order valence-corrected chi connectivity index (χ0v) is 16.6. The molecule has 0 aliphatic rings. The first-order valence-electron chi connectivity index (χ1n) is 9.37. The summed E-state index contributed by atoms with van der Waals surface area (Å²) in [6.45, 7) is 0. The molecule has 0 amide bonds. The van der Waals surface area contributed by atoms with Crippen molar-refractivity contribution in [3.05, 3.63) is 127 Å². The molecule has 0 aromatic heterocycles. The van der Waals surface area contributed by atoms with E-state index in [0.29, 0.717) is 22.3 Å². The summed E-state index contributed by atoms with van der Waals surface area (Å²) in [4.78, 5) is 45.0. The highest BCUT2D eigenvalue weighted by molar-refractivity contribution is 6.09. The van der Waals surface area contributed by atoms with Crippen molar-refractivity contribution in [1.82, 2.24) is 0 Å². The van der Waals surface area contributed by atoms with Crippen LogP contribution in [-0.2, 0) is 0 Å². The van der Waals surface area contributed by atoms with Crippen molar-refractivity contribution in [2.24, 2.45) is 0 Å². The van der Waals surface area contributed by atoms with E-state index >= 15 is 0 Å². The highest BCUT2D eigenvalue weighted by atomic mass is 16.6. The maximum Gasteiger partial charge on any atom is 0.269 e. The number of nitrogens with zero attached hydrogens (tertiary/aromatic N) is 2. The van der Waals surface area contributed by atoms with E-state index in [2.05, 4.69) is 0 Å². The van der Waals surface area contributed by atoms with Crippen molar-refractivity contribution in [1.29, 1.82) is 0 Å². The molecule has 0 radical (unpaired) electrons. The highest BCUT2D eigenvalue weighted by Crippen LogP contribution is 2.15. The van der Waals surface area contributed by atoms with E-state index in [1.807, 2.05) is 0 Å². The number of rotatable bonds is 8. The third-order valence-corrected chi connectivity index (χ3v) is 4.52. The molecule has 0 unspecified atom stereocenters. The summed E-state index contributed by atoms with van der Waals surface area (Å²) < 4.78 is 0. The van der Waals surface area contributed by atoms with Crippen LogP contribution in [0.3, 0.4) is 0 Å². The van der Waals surface area contributed by atoms with Gasteiger partial charge in [-0.1, -0.05) is 36.4 Å². The molecule has 158 valence electrons. The predicted octanol–water partition coefficient (Wildman–Crippen LogP) is 5.30. The number of non-ortho nitro benzene ring substituents is 2. The van der Waals surface area contributed by atoms with Crippen LogP contribution in [0, 0.1) is 20.2 Å². The molecule has 32 heavy (non-hydrogen) atoms. The van der Waals surface area contributed by atoms with Gasteiger partial charge in [-0.15, -0.1) is 0 Å². The molecule has 0 bridgehead atoms. The summed E-state index contributed by atoms with van der Waals surface area (Å²) in [5.41, 5.74) is 2.00. The lowest BCUT2D eigenvalue weighted by molar-refractivity contribution is -0.385. The van der Waals surface area contributed by atoms with Crippen LogP contribution in [0.1, 0.15) is 31.8 Å². The Bertz CT molecular complexity index is 1130. The summed E-state index contributed by atoms with van der Waals surface area (Å²) >= 11 is 0. The maximum atomic E-state index is 12.3. The van der Waals surface area contributed by atoms with Gasteiger partial charge in [-0.05, 0) is 47.5 Å². The SMILES string of the molecule is O=C(/C=C/c1ccc([N+](=O)[O-])cc1)c1ccc(C(=O)/C=C/c2ccc([N+](=O)[O-])cc2)cc1. The maximum absolute atomic E-state index is 12.3. The predicted molar refractivity (Wildman–Crippen MR) is 119 cm³/mol. The summed E-state index contributed by atoms with van der Waals surface area (Å²) in [6, 6.07) is 17.7. The first-order chi connectivity index (χ1) is 15.3. The van der Waals surface area contributed by atoms with Gasteiger partial charge in [0.2, 0.25) is 0 Å². The van der Waals surface area contributed by atoms with Gasteiger partial charge >= 0.3 is 0 Å². The Morgan fingerprint density at radius 1 is 0.562 bits per heavy atom. The summed E-state index contributed by atoms with van der Waals surface area (Å²) in [6.07, 6.45) is 5.81. The minimum absolute atomic E-state index is 0.0311. The molecule has 0 saturated heterocycles. The molecule has 8 nitrogen and oxygen atoms in total. The van der Waals surface area contributed by atoms with Crippen molar-refractivity contribution in [3.63, 3.8) is 0 Å². The fraction of sp³-hybridized carbons (Fsp3) is 0. The monoisotopic (exact) mass is 428 g/mol. The molecule has 0 spiro atoms. The van der Waals surface area contributed by atoms with Crippen LogP contribution in [0.2, 0.25) is 0 Å². The van der Waals surface area contributed by atoms with Gasteiger partial charge in [0.15, 0.2) is 11.6 Å². The number of ketones is 2. The van der Waals surface area contributed by atoms with Crippen LogP contribution in [0.25, 0.3) is 12.2 Å². The van der Waals surface area contributed by atoms with Gasteiger partial charge in [0.1, 0.15) is 0 Å². The van der Waals surface area contributed by atoms with Crippen LogP contribution in [0.5, 0.6) is 0 Å². The fourth-order valence-electron chi connectivity index (χ4n) is 2.75. The zero-order chi connectivity index (χ0) is 23.1. The van der Waals surface area contributed by atoms with E-state index in [1.54, 1.807) is 36.4 Å². The Morgan fingerprint density at radius 3 is 1.16 bits per heavy atom. The lowest BCUT2D eigenvalue weighted by Gasteiger charge is -2.00. The van der Waals surface area contributed by atoms with Gasteiger partial charge < -0.3 is 0 Å². The number of hydrogen-bond acceptors (Lipinski definition) is 6. The second kappa shape index (κ2) is 9.86. The average molecular weight is 428 g/mol. The Hall–Kier alpha value is -4.72. The summed E-state index contributed by atoms with van der Waals surface area (Å²) in [7, 11) is 0. The molecule has 0 heterocycles. The third-order valence-electron chi connectivity index (χ3n) is 4.52. The second-order valence-corrected chi connectivity index (χ2v) is 6.67. The van der Waals surface area contributed by atoms with Crippen LogP contribution >= 0.6 is 0 Å². The Labute approximate surface area is 182 Å². The molecule has 8 heteroatoms. The molecule has 3 rings (SSSR count). The van der Waals surface area contributed by atoms with Crippen LogP contribution in [0.15, 0.2) is 84.9 Å². The van der Waals surface area contributed by atoms with Crippen molar-refractivity contribution >= 4 is 35.1 Å². The Balaban J connectivity index is 1.63. The van der Waals surface area contributed by atoms with Crippen molar-refractivity contribution < 1.29 is 19.4 Å². The van der Waals surface area contributed by atoms with Crippen molar-refractivity contribution in [2.75, 3.05) is 0 Å². The van der Waals surface area contributed by atoms with Crippen molar-refractivity contribution in [3.8, 4) is 0 Å². The highest BCUT2D eigenvalue weighted by Gasteiger charge is 2.07. The van der Waals surface area contributed by atoms with E-state index in [0.717, 1.165) is 0 Å². The second-order valence-electron chi connectivity index (χ2n) is 6.67. The van der Waals surface area contributed by atoms with E-state index in [4.69, 9.17) is 0 Å². The standard InChI is InChI=1S/C24H16N2O6/c27-23(15-5-17-1-11-21(12-2-17)25(29)30)19-7-9-20(10-8-19)24(28)16-6-18-3-13-22(14-4-18)26(31)32/h1-16H/b15-5+,16-6+. The number of nitro benzene ring substituents is 2. The molecular weight excluding hydrogens is 412 g/mol. The molecule has 0 saturated carbocycles. The van der Waals surface area contributed by atoms with Gasteiger partial charge in [0.05, 0.1) is 9.85 Å². The minimum atomic E-state index is -0.497. The minimum Gasteiger partial charge on any atom is -0.289 e. The van der Waals surface area contributed by atoms with Crippen LogP contribution in [-0.4, -0.2) is 21.4 Å². The number of allylic oxidation sites excluding steroid dienone is 2. The van der Waals surface area contributed by atoms with Gasteiger partial charge in [-0.25, -0.2) is 0 Å². The molecule has 0 atom stereocenters. The number of carbonyl (C=O) groups excluding carboxylic acids is 2. The summed E-state index contributed by atoms with van der Waals surface area (Å²) in [5.74, 6) is -0.549. The normalized spacial score (nSPS) is 11.0. The van der Waals surface area contributed by atoms with E-state index in [1.165, 1.54) is 60.7 Å². The van der Waals surface area contributed by atoms with E-state index < -0.39 is 9.85 Å². The average Bonchev–Trinajstić information content (AvgIpc) is 2.81. The number of hydrogen-bond donors (Lipinski definition) is 0. The molecule has 0 N–H and O–H groups in total. The smallest absolute Gasteiger partial charge is 0.269 e. The quantitative estimate of drug-likeness (QED) is 0.208. The van der Waals surface area contributed by atoms with Gasteiger partial charge in [-0.2, -0.15) is 0 Å². The number of carbonyl (C=O) groups is 2. The van der Waals surface area contributed by atoms with Crippen LogP contribution < -0.4 is 0 Å². The lowest BCUT2D eigenvalue weighted by atomic mass is 10.0. The van der Waals surface area contributed by atoms with Gasteiger partial charge in [-0.3, -0.25) is 29.8 Å². The first kappa shape index (κ1) is 22.0. The third kappa shape index (κ3) is 5.67. The molecule has 3 aromatic rings.